The number of phenols is 1. The Bertz CT molecular complexity index is 1060. The summed E-state index contributed by atoms with van der Waals surface area (Å²) in [5.41, 5.74) is 3.08. The number of fused-ring (bicyclic) bond motifs is 1. The average molecular weight is 400 g/mol. The first-order valence-electron chi connectivity index (χ1n) is 8.09. The molecule has 0 unspecified atom stereocenters. The number of hydrogen-bond acceptors (Lipinski definition) is 6. The standard InChI is InChI=1S/C20H18ClN3O2S/c1-4-16(23-17-7-5-12(25)9-15(17)21)14(11-22-2)20-24-18-10-13(26-3)6-8-19(18)27-20/h4-11,23,25H,2H2,1,3H3/b14-11+,16-4+. The molecule has 2 N–H and O–H groups in total. The van der Waals surface area contributed by atoms with E-state index in [2.05, 4.69) is 17.0 Å². The molecule has 0 aliphatic heterocycles. The van der Waals surface area contributed by atoms with Crippen LogP contribution in [0.25, 0.3) is 15.8 Å². The van der Waals surface area contributed by atoms with Gasteiger partial charge < -0.3 is 15.2 Å². The highest BCUT2D eigenvalue weighted by Crippen LogP contribution is 2.35. The molecule has 7 heteroatoms. The number of methoxy groups -OCH3 is 1. The molecule has 0 radical (unpaired) electrons. The van der Waals surface area contributed by atoms with Gasteiger partial charge in [0.05, 0.1) is 33.6 Å². The molecule has 2 aromatic carbocycles. The van der Waals surface area contributed by atoms with E-state index in [1.807, 2.05) is 31.2 Å². The van der Waals surface area contributed by atoms with Crippen LogP contribution in [0.4, 0.5) is 5.69 Å². The first-order chi connectivity index (χ1) is 13.0. The van der Waals surface area contributed by atoms with E-state index >= 15 is 0 Å². The molecule has 5 nitrogen and oxygen atoms in total. The molecule has 1 heterocycles. The van der Waals surface area contributed by atoms with Crippen molar-refractivity contribution in [3.63, 3.8) is 0 Å². The van der Waals surface area contributed by atoms with Gasteiger partial charge in [-0.05, 0) is 37.9 Å². The summed E-state index contributed by atoms with van der Waals surface area (Å²) in [6.07, 6.45) is 3.57. The van der Waals surface area contributed by atoms with E-state index in [1.165, 1.54) is 6.07 Å². The lowest BCUT2D eigenvalue weighted by molar-refractivity contribution is 0.415. The Morgan fingerprint density at radius 2 is 2.15 bits per heavy atom. The van der Waals surface area contributed by atoms with Crippen molar-refractivity contribution in [2.24, 2.45) is 4.99 Å². The van der Waals surface area contributed by atoms with Gasteiger partial charge in [-0.3, -0.25) is 4.99 Å². The SMILES string of the molecule is C=N/C=C(\C(=C/C)Nc1ccc(O)cc1Cl)c1nc2cc(OC)ccc2s1. The van der Waals surface area contributed by atoms with Crippen LogP contribution in [0, 0.1) is 0 Å². The van der Waals surface area contributed by atoms with Crippen molar-refractivity contribution in [3.8, 4) is 11.5 Å². The maximum absolute atomic E-state index is 9.54. The quantitative estimate of drug-likeness (QED) is 0.316. The minimum absolute atomic E-state index is 0.108. The van der Waals surface area contributed by atoms with E-state index in [0.29, 0.717) is 10.7 Å². The van der Waals surface area contributed by atoms with Crippen molar-refractivity contribution in [1.29, 1.82) is 0 Å². The monoisotopic (exact) mass is 399 g/mol. The van der Waals surface area contributed by atoms with Gasteiger partial charge in [-0.2, -0.15) is 0 Å². The summed E-state index contributed by atoms with van der Waals surface area (Å²) in [5, 5.41) is 14.0. The highest BCUT2D eigenvalue weighted by Gasteiger charge is 2.15. The van der Waals surface area contributed by atoms with Crippen molar-refractivity contribution >= 4 is 51.1 Å². The Kier molecular flexibility index (Phi) is 5.78. The van der Waals surface area contributed by atoms with Gasteiger partial charge in [0.1, 0.15) is 16.5 Å². The van der Waals surface area contributed by atoms with E-state index in [-0.39, 0.29) is 5.75 Å². The van der Waals surface area contributed by atoms with Crippen LogP contribution in [0.5, 0.6) is 11.5 Å². The van der Waals surface area contributed by atoms with Crippen molar-refractivity contribution in [1.82, 2.24) is 4.98 Å². The zero-order valence-electron chi connectivity index (χ0n) is 14.9. The fourth-order valence-electron chi connectivity index (χ4n) is 2.53. The molecule has 0 atom stereocenters. The molecule has 0 bridgehead atoms. The molecule has 0 amide bonds. The first-order valence-corrected chi connectivity index (χ1v) is 9.28. The maximum Gasteiger partial charge on any atom is 0.128 e. The van der Waals surface area contributed by atoms with Crippen LogP contribution < -0.4 is 10.1 Å². The summed E-state index contributed by atoms with van der Waals surface area (Å²) in [7, 11) is 1.63. The fourth-order valence-corrected chi connectivity index (χ4v) is 3.72. The minimum atomic E-state index is 0.108. The number of benzene rings is 2. The summed E-state index contributed by atoms with van der Waals surface area (Å²) < 4.78 is 6.31. The second-order valence-corrected chi connectivity index (χ2v) is 7.01. The van der Waals surface area contributed by atoms with Crippen molar-refractivity contribution in [2.45, 2.75) is 6.92 Å². The highest BCUT2D eigenvalue weighted by atomic mass is 35.5. The van der Waals surface area contributed by atoms with Gasteiger partial charge in [-0.25, -0.2) is 4.98 Å². The zero-order chi connectivity index (χ0) is 19.4. The molecule has 0 aliphatic carbocycles. The number of allylic oxidation sites excluding steroid dienone is 2. The predicted octanol–water partition coefficient (Wildman–Crippen LogP) is 5.72. The van der Waals surface area contributed by atoms with Crippen LogP contribution in [0.15, 0.2) is 59.4 Å². The number of anilines is 1. The number of aromatic nitrogens is 1. The molecule has 1 aromatic heterocycles. The fraction of sp³-hybridized carbons (Fsp3) is 0.100. The van der Waals surface area contributed by atoms with Gasteiger partial charge in [0.2, 0.25) is 0 Å². The summed E-state index contributed by atoms with van der Waals surface area (Å²) in [6, 6.07) is 10.5. The Morgan fingerprint density at radius 3 is 2.81 bits per heavy atom. The second kappa shape index (κ2) is 8.24. The van der Waals surface area contributed by atoms with E-state index in [1.54, 1.807) is 36.8 Å². The number of rotatable bonds is 6. The third-order valence-corrected chi connectivity index (χ3v) is 5.23. The Labute approximate surface area is 166 Å². The molecule has 0 aliphatic rings. The van der Waals surface area contributed by atoms with Crippen molar-refractivity contribution in [2.75, 3.05) is 12.4 Å². The third kappa shape index (κ3) is 4.13. The summed E-state index contributed by atoms with van der Waals surface area (Å²) in [5.74, 6) is 0.864. The predicted molar refractivity (Wildman–Crippen MR) is 114 cm³/mol. The summed E-state index contributed by atoms with van der Waals surface area (Å²) in [4.78, 5) is 8.66. The van der Waals surface area contributed by atoms with Crippen molar-refractivity contribution in [3.05, 3.63) is 64.4 Å². The van der Waals surface area contributed by atoms with Crippen molar-refractivity contribution < 1.29 is 9.84 Å². The molecule has 0 saturated heterocycles. The lowest BCUT2D eigenvalue weighted by Gasteiger charge is -2.14. The Balaban J connectivity index is 2.01. The molecular formula is C20H18ClN3O2S. The lowest BCUT2D eigenvalue weighted by Crippen LogP contribution is -2.02. The summed E-state index contributed by atoms with van der Waals surface area (Å²) in [6.45, 7) is 5.48. The minimum Gasteiger partial charge on any atom is -0.508 e. The number of aliphatic imine (C=N–C) groups is 1. The van der Waals surface area contributed by atoms with E-state index < -0.39 is 0 Å². The Morgan fingerprint density at radius 1 is 1.33 bits per heavy atom. The van der Waals surface area contributed by atoms with E-state index in [0.717, 1.165) is 32.2 Å². The van der Waals surface area contributed by atoms with E-state index in [9.17, 15) is 5.11 Å². The number of hydrogen-bond donors (Lipinski definition) is 2. The molecule has 3 rings (SSSR count). The summed E-state index contributed by atoms with van der Waals surface area (Å²) >= 11 is 7.77. The molecule has 138 valence electrons. The number of aromatic hydroxyl groups is 1. The molecular weight excluding hydrogens is 382 g/mol. The number of thiazole rings is 1. The van der Waals surface area contributed by atoms with Crippen LogP contribution in [0.3, 0.4) is 0 Å². The molecule has 0 fully saturated rings. The average Bonchev–Trinajstić information content (AvgIpc) is 3.08. The van der Waals surface area contributed by atoms with Gasteiger partial charge in [0.25, 0.3) is 0 Å². The highest BCUT2D eigenvalue weighted by molar-refractivity contribution is 7.19. The van der Waals surface area contributed by atoms with Gasteiger partial charge in [-0.15, -0.1) is 11.3 Å². The molecule has 3 aromatic rings. The lowest BCUT2D eigenvalue weighted by atomic mass is 10.2. The van der Waals surface area contributed by atoms with Crippen LogP contribution in [0.2, 0.25) is 5.02 Å². The second-order valence-electron chi connectivity index (χ2n) is 5.57. The first kappa shape index (κ1) is 18.9. The zero-order valence-corrected chi connectivity index (χ0v) is 16.4. The number of nitrogens with zero attached hydrogens (tertiary/aromatic N) is 2. The van der Waals surface area contributed by atoms with Gasteiger partial charge in [0, 0.05) is 24.0 Å². The van der Waals surface area contributed by atoms with Gasteiger partial charge in [0.15, 0.2) is 0 Å². The molecule has 0 spiro atoms. The Hall–Kier alpha value is -2.83. The van der Waals surface area contributed by atoms with E-state index in [4.69, 9.17) is 21.3 Å². The van der Waals surface area contributed by atoms with Crippen LogP contribution in [-0.4, -0.2) is 23.9 Å². The molecule has 27 heavy (non-hydrogen) atoms. The van der Waals surface area contributed by atoms with Crippen LogP contribution >= 0.6 is 22.9 Å². The number of halogens is 1. The smallest absolute Gasteiger partial charge is 0.128 e. The van der Waals surface area contributed by atoms with Crippen LogP contribution in [0.1, 0.15) is 11.9 Å². The van der Waals surface area contributed by atoms with Gasteiger partial charge in [-0.1, -0.05) is 17.7 Å². The number of nitrogens with one attached hydrogen (secondary N) is 1. The van der Waals surface area contributed by atoms with Gasteiger partial charge >= 0.3 is 0 Å². The number of ether oxygens (including phenoxy) is 1. The number of phenolic OH excluding ortho intramolecular Hbond substituents is 1. The third-order valence-electron chi connectivity index (χ3n) is 3.85. The molecule has 0 saturated carbocycles. The topological polar surface area (TPSA) is 66.7 Å². The van der Waals surface area contributed by atoms with Crippen LogP contribution in [-0.2, 0) is 0 Å². The normalized spacial score (nSPS) is 12.3. The maximum atomic E-state index is 9.54. The largest absolute Gasteiger partial charge is 0.508 e.